The molecular weight excluding hydrogens is 278 g/mol. The molecular formula is C14H18ClN3O2. The molecule has 1 fully saturated rings. The Labute approximate surface area is 123 Å². The summed E-state index contributed by atoms with van der Waals surface area (Å²) in [7, 11) is 0. The Balaban J connectivity index is 1.69. The van der Waals surface area contributed by atoms with Gasteiger partial charge in [-0.25, -0.2) is 4.79 Å². The zero-order valence-electron chi connectivity index (χ0n) is 11.1. The SMILES string of the molecule is O=C(CNC(=O)NC1CCCC1)Nc1ccc(Cl)cc1. The Hall–Kier alpha value is -1.75. The molecule has 0 radical (unpaired) electrons. The summed E-state index contributed by atoms with van der Waals surface area (Å²) < 4.78 is 0. The summed E-state index contributed by atoms with van der Waals surface area (Å²) in [6.45, 7) is -0.0544. The molecule has 0 unspecified atom stereocenters. The second kappa shape index (κ2) is 7.14. The topological polar surface area (TPSA) is 70.2 Å². The van der Waals surface area contributed by atoms with Crippen molar-refractivity contribution < 1.29 is 9.59 Å². The first-order valence-electron chi connectivity index (χ1n) is 6.73. The van der Waals surface area contributed by atoms with Crippen LogP contribution in [0.3, 0.4) is 0 Å². The molecule has 0 bridgehead atoms. The van der Waals surface area contributed by atoms with E-state index in [1.165, 1.54) is 0 Å². The molecule has 20 heavy (non-hydrogen) atoms. The Morgan fingerprint density at radius 2 is 1.80 bits per heavy atom. The molecule has 1 aliphatic carbocycles. The summed E-state index contributed by atoms with van der Waals surface area (Å²) in [5.74, 6) is -0.270. The van der Waals surface area contributed by atoms with Gasteiger partial charge in [0.1, 0.15) is 0 Å². The lowest BCUT2D eigenvalue weighted by molar-refractivity contribution is -0.115. The van der Waals surface area contributed by atoms with Crippen LogP contribution in [0.5, 0.6) is 0 Å². The molecule has 1 saturated carbocycles. The van der Waals surface area contributed by atoms with Gasteiger partial charge in [-0.05, 0) is 37.1 Å². The van der Waals surface area contributed by atoms with Crippen molar-refractivity contribution in [1.29, 1.82) is 0 Å². The van der Waals surface area contributed by atoms with Crippen LogP contribution in [0, 0.1) is 0 Å². The van der Waals surface area contributed by atoms with Gasteiger partial charge >= 0.3 is 6.03 Å². The number of hydrogen-bond acceptors (Lipinski definition) is 2. The molecule has 0 aliphatic heterocycles. The van der Waals surface area contributed by atoms with Gasteiger partial charge in [0.25, 0.3) is 0 Å². The molecule has 1 aliphatic rings. The number of rotatable bonds is 4. The summed E-state index contributed by atoms with van der Waals surface area (Å²) in [6, 6.07) is 6.75. The Kier molecular flexibility index (Phi) is 5.24. The Bertz CT molecular complexity index is 470. The third kappa shape index (κ3) is 4.74. The number of benzene rings is 1. The number of amides is 3. The summed E-state index contributed by atoms with van der Waals surface area (Å²) in [6.07, 6.45) is 4.35. The summed E-state index contributed by atoms with van der Waals surface area (Å²) >= 11 is 5.75. The van der Waals surface area contributed by atoms with Gasteiger partial charge in [-0.2, -0.15) is 0 Å². The molecule has 3 amide bonds. The van der Waals surface area contributed by atoms with Crippen LogP contribution in [0.25, 0.3) is 0 Å². The van der Waals surface area contributed by atoms with Crippen molar-refractivity contribution in [1.82, 2.24) is 10.6 Å². The molecule has 5 nitrogen and oxygen atoms in total. The quantitative estimate of drug-likeness (QED) is 0.799. The van der Waals surface area contributed by atoms with E-state index in [1.807, 2.05) is 0 Å². The third-order valence-electron chi connectivity index (χ3n) is 3.23. The lowest BCUT2D eigenvalue weighted by Gasteiger charge is -2.12. The van der Waals surface area contributed by atoms with Crippen LogP contribution in [-0.4, -0.2) is 24.5 Å². The van der Waals surface area contributed by atoms with E-state index in [-0.39, 0.29) is 24.5 Å². The maximum absolute atomic E-state index is 11.7. The van der Waals surface area contributed by atoms with E-state index in [9.17, 15) is 9.59 Å². The second-order valence-electron chi connectivity index (χ2n) is 4.86. The minimum Gasteiger partial charge on any atom is -0.335 e. The maximum Gasteiger partial charge on any atom is 0.315 e. The molecule has 0 atom stereocenters. The Morgan fingerprint density at radius 3 is 2.45 bits per heavy atom. The lowest BCUT2D eigenvalue weighted by Crippen LogP contribution is -2.43. The first-order valence-corrected chi connectivity index (χ1v) is 7.11. The number of halogens is 1. The maximum atomic E-state index is 11.7. The fourth-order valence-electron chi connectivity index (χ4n) is 2.21. The van der Waals surface area contributed by atoms with Crippen molar-refractivity contribution in [2.75, 3.05) is 11.9 Å². The number of hydrogen-bond donors (Lipinski definition) is 3. The Morgan fingerprint density at radius 1 is 1.15 bits per heavy atom. The standard InChI is InChI=1S/C14H18ClN3O2/c15-10-5-7-12(8-6-10)17-13(19)9-16-14(20)18-11-3-1-2-4-11/h5-8,11H,1-4,9H2,(H,17,19)(H2,16,18,20). The van der Waals surface area contributed by atoms with E-state index >= 15 is 0 Å². The molecule has 0 saturated heterocycles. The van der Waals surface area contributed by atoms with Crippen molar-refractivity contribution >= 4 is 29.2 Å². The highest BCUT2D eigenvalue weighted by Crippen LogP contribution is 2.17. The smallest absolute Gasteiger partial charge is 0.315 e. The van der Waals surface area contributed by atoms with Crippen LogP contribution in [0.1, 0.15) is 25.7 Å². The van der Waals surface area contributed by atoms with Crippen LogP contribution >= 0.6 is 11.6 Å². The largest absolute Gasteiger partial charge is 0.335 e. The van der Waals surface area contributed by atoms with Crippen molar-refractivity contribution in [3.05, 3.63) is 29.3 Å². The van der Waals surface area contributed by atoms with Crippen molar-refractivity contribution in [3.63, 3.8) is 0 Å². The van der Waals surface area contributed by atoms with Gasteiger partial charge in [0.15, 0.2) is 0 Å². The minimum atomic E-state index is -0.289. The van der Waals surface area contributed by atoms with E-state index in [1.54, 1.807) is 24.3 Å². The normalized spacial score (nSPS) is 14.8. The average Bonchev–Trinajstić information content (AvgIpc) is 2.92. The highest BCUT2D eigenvalue weighted by molar-refractivity contribution is 6.30. The van der Waals surface area contributed by atoms with Gasteiger partial charge in [-0.15, -0.1) is 0 Å². The van der Waals surface area contributed by atoms with Gasteiger partial charge in [-0.3, -0.25) is 4.79 Å². The van der Waals surface area contributed by atoms with Crippen molar-refractivity contribution in [2.45, 2.75) is 31.7 Å². The molecule has 0 heterocycles. The zero-order valence-corrected chi connectivity index (χ0v) is 11.9. The molecule has 1 aromatic carbocycles. The number of anilines is 1. The van der Waals surface area contributed by atoms with Crippen LogP contribution in [0.4, 0.5) is 10.5 Å². The van der Waals surface area contributed by atoms with E-state index in [2.05, 4.69) is 16.0 Å². The predicted molar refractivity (Wildman–Crippen MR) is 78.9 cm³/mol. The van der Waals surface area contributed by atoms with Gasteiger partial charge in [0, 0.05) is 16.8 Å². The van der Waals surface area contributed by atoms with Gasteiger partial charge < -0.3 is 16.0 Å². The summed E-state index contributed by atoms with van der Waals surface area (Å²) in [5, 5.41) is 8.70. The predicted octanol–water partition coefficient (Wildman–Crippen LogP) is 2.52. The molecule has 0 spiro atoms. The third-order valence-corrected chi connectivity index (χ3v) is 3.48. The fraction of sp³-hybridized carbons (Fsp3) is 0.429. The van der Waals surface area contributed by atoms with Crippen LogP contribution in [0.2, 0.25) is 5.02 Å². The number of nitrogens with one attached hydrogen (secondary N) is 3. The molecule has 1 aromatic rings. The first-order chi connectivity index (χ1) is 9.63. The van der Waals surface area contributed by atoms with Crippen molar-refractivity contribution in [2.24, 2.45) is 0 Å². The molecule has 2 rings (SSSR count). The average molecular weight is 296 g/mol. The number of urea groups is 1. The zero-order chi connectivity index (χ0) is 14.4. The molecule has 0 aromatic heterocycles. The highest BCUT2D eigenvalue weighted by atomic mass is 35.5. The summed E-state index contributed by atoms with van der Waals surface area (Å²) in [4.78, 5) is 23.2. The minimum absolute atomic E-state index is 0.0544. The van der Waals surface area contributed by atoms with Gasteiger partial charge in [-0.1, -0.05) is 24.4 Å². The molecule has 6 heteroatoms. The van der Waals surface area contributed by atoms with Crippen LogP contribution in [-0.2, 0) is 4.79 Å². The first kappa shape index (κ1) is 14.7. The van der Waals surface area contributed by atoms with E-state index < -0.39 is 0 Å². The van der Waals surface area contributed by atoms with Gasteiger partial charge in [0.2, 0.25) is 5.91 Å². The van der Waals surface area contributed by atoms with Crippen LogP contribution in [0.15, 0.2) is 24.3 Å². The van der Waals surface area contributed by atoms with E-state index in [0.29, 0.717) is 10.7 Å². The fourth-order valence-corrected chi connectivity index (χ4v) is 2.33. The lowest BCUT2D eigenvalue weighted by atomic mass is 10.2. The van der Waals surface area contributed by atoms with E-state index in [0.717, 1.165) is 25.7 Å². The van der Waals surface area contributed by atoms with Crippen LogP contribution < -0.4 is 16.0 Å². The highest BCUT2D eigenvalue weighted by Gasteiger charge is 2.17. The number of carbonyl (C=O) groups excluding carboxylic acids is 2. The monoisotopic (exact) mass is 295 g/mol. The second-order valence-corrected chi connectivity index (χ2v) is 5.30. The number of carbonyl (C=O) groups is 2. The summed E-state index contributed by atoms with van der Waals surface area (Å²) in [5.41, 5.74) is 0.650. The van der Waals surface area contributed by atoms with Crippen molar-refractivity contribution in [3.8, 4) is 0 Å². The molecule has 3 N–H and O–H groups in total. The molecule has 108 valence electrons. The van der Waals surface area contributed by atoms with E-state index in [4.69, 9.17) is 11.6 Å². The van der Waals surface area contributed by atoms with Gasteiger partial charge in [0.05, 0.1) is 6.54 Å².